The number of ether oxygens (including phenoxy) is 2. The van der Waals surface area contributed by atoms with Crippen molar-refractivity contribution < 1.29 is 22.6 Å². The van der Waals surface area contributed by atoms with Gasteiger partial charge in [0.15, 0.2) is 17.5 Å². The number of hydrogen-bond acceptors (Lipinski definition) is 5. The van der Waals surface area contributed by atoms with Crippen LogP contribution in [0.3, 0.4) is 0 Å². The van der Waals surface area contributed by atoms with Crippen LogP contribution in [0, 0.1) is 0 Å². The molecule has 0 bridgehead atoms. The zero-order valence-electron chi connectivity index (χ0n) is 19.3. The van der Waals surface area contributed by atoms with Crippen LogP contribution in [0.4, 0.5) is 13.2 Å². The fourth-order valence-electron chi connectivity index (χ4n) is 3.67. The number of aliphatic imine (C=N–C) groups is 1. The highest BCUT2D eigenvalue weighted by Gasteiger charge is 2.34. The fraction of sp³-hybridized carbons (Fsp3) is 0.667. The molecule has 0 amide bonds. The molecule has 0 aromatic heterocycles. The standard InChI is InChI=1S/C21H34F3N5O2.HI/c1-6-25-20(27-16-9-10-29(13-16)14-21(22,23)24)26-12-17(28(2)3)15-7-8-18(30-4)19(11-15)31-5;/h7-8,11,16-17H,6,9-10,12-14H2,1-5H3,(H2,25,26,27);1H. The Bertz CT molecular complexity index is 734. The van der Waals surface area contributed by atoms with E-state index in [1.54, 1.807) is 14.2 Å². The molecule has 1 fully saturated rings. The van der Waals surface area contributed by atoms with E-state index in [0.29, 0.717) is 50.1 Å². The predicted octanol–water partition coefficient (Wildman–Crippen LogP) is 3.12. The molecule has 0 spiro atoms. The van der Waals surface area contributed by atoms with E-state index < -0.39 is 12.7 Å². The first-order valence-corrected chi connectivity index (χ1v) is 10.4. The summed E-state index contributed by atoms with van der Waals surface area (Å²) in [6, 6.07) is 5.70. The Hall–Kier alpha value is -1.47. The van der Waals surface area contributed by atoms with Crippen molar-refractivity contribution in [3.8, 4) is 11.5 Å². The largest absolute Gasteiger partial charge is 0.493 e. The fourth-order valence-corrected chi connectivity index (χ4v) is 3.67. The van der Waals surface area contributed by atoms with E-state index in [1.165, 1.54) is 4.90 Å². The molecule has 7 nitrogen and oxygen atoms in total. The maximum atomic E-state index is 12.6. The molecule has 2 atom stereocenters. The summed E-state index contributed by atoms with van der Waals surface area (Å²) in [5.74, 6) is 1.91. The molecule has 0 aliphatic carbocycles. The second-order valence-corrected chi connectivity index (χ2v) is 7.79. The minimum Gasteiger partial charge on any atom is -0.493 e. The summed E-state index contributed by atoms with van der Waals surface area (Å²) in [5, 5.41) is 6.48. The normalized spacial score (nSPS) is 18.3. The Kier molecular flexibility index (Phi) is 11.9. The second-order valence-electron chi connectivity index (χ2n) is 7.79. The highest BCUT2D eigenvalue weighted by molar-refractivity contribution is 14.0. The number of likely N-dealkylation sites (N-methyl/N-ethyl adjacent to an activating group) is 1. The lowest BCUT2D eigenvalue weighted by molar-refractivity contribution is -0.143. The molecule has 1 saturated heterocycles. The molecule has 0 saturated carbocycles. The van der Waals surface area contributed by atoms with E-state index in [2.05, 4.69) is 15.5 Å². The minimum absolute atomic E-state index is 0. The Labute approximate surface area is 205 Å². The summed E-state index contributed by atoms with van der Waals surface area (Å²) >= 11 is 0. The highest BCUT2D eigenvalue weighted by Crippen LogP contribution is 2.31. The molecule has 184 valence electrons. The number of likely N-dealkylation sites (tertiary alicyclic amines) is 1. The Morgan fingerprint density at radius 3 is 2.50 bits per heavy atom. The molecule has 2 rings (SSSR count). The van der Waals surface area contributed by atoms with Gasteiger partial charge in [-0.25, -0.2) is 0 Å². The Morgan fingerprint density at radius 2 is 1.94 bits per heavy atom. The number of nitrogens with zero attached hydrogens (tertiary/aromatic N) is 3. The van der Waals surface area contributed by atoms with Crippen molar-refractivity contribution in [1.82, 2.24) is 20.4 Å². The van der Waals surface area contributed by atoms with Crippen LogP contribution in [-0.2, 0) is 0 Å². The minimum atomic E-state index is -4.17. The van der Waals surface area contributed by atoms with Crippen LogP contribution >= 0.6 is 24.0 Å². The molecular weight excluding hydrogens is 538 g/mol. The lowest BCUT2D eigenvalue weighted by Gasteiger charge is -2.25. The van der Waals surface area contributed by atoms with E-state index in [1.807, 2.05) is 39.2 Å². The molecule has 1 aliphatic heterocycles. The van der Waals surface area contributed by atoms with E-state index in [-0.39, 0.29) is 36.1 Å². The van der Waals surface area contributed by atoms with E-state index in [4.69, 9.17) is 14.5 Å². The van der Waals surface area contributed by atoms with E-state index in [9.17, 15) is 13.2 Å². The molecule has 1 aliphatic rings. The van der Waals surface area contributed by atoms with Gasteiger partial charge in [-0.2, -0.15) is 13.2 Å². The molecule has 1 heterocycles. The third-order valence-corrected chi connectivity index (χ3v) is 5.20. The third-order valence-electron chi connectivity index (χ3n) is 5.20. The van der Waals surface area contributed by atoms with Crippen molar-refractivity contribution >= 4 is 29.9 Å². The van der Waals surface area contributed by atoms with E-state index in [0.717, 1.165) is 5.56 Å². The topological polar surface area (TPSA) is 61.4 Å². The quantitative estimate of drug-likeness (QED) is 0.269. The van der Waals surface area contributed by atoms with Crippen LogP contribution < -0.4 is 20.1 Å². The van der Waals surface area contributed by atoms with Crippen LogP contribution in [0.5, 0.6) is 11.5 Å². The average molecular weight is 573 g/mol. The van der Waals surface area contributed by atoms with Gasteiger partial charge in [-0.3, -0.25) is 9.89 Å². The SMILES string of the molecule is CCNC(=NCC(c1ccc(OC)c(OC)c1)N(C)C)NC1CCN(CC(F)(F)F)C1.I. The van der Waals surface area contributed by atoms with Crippen molar-refractivity contribution in [2.45, 2.75) is 31.6 Å². The summed E-state index contributed by atoms with van der Waals surface area (Å²) in [4.78, 5) is 8.20. The van der Waals surface area contributed by atoms with E-state index >= 15 is 0 Å². The number of halogens is 4. The first-order chi connectivity index (χ1) is 14.7. The summed E-state index contributed by atoms with van der Waals surface area (Å²) in [5.41, 5.74) is 1.03. The third kappa shape index (κ3) is 8.81. The zero-order chi connectivity index (χ0) is 23.0. The smallest absolute Gasteiger partial charge is 0.401 e. The number of hydrogen-bond donors (Lipinski definition) is 2. The molecule has 1 aromatic rings. The monoisotopic (exact) mass is 573 g/mol. The molecule has 1 aromatic carbocycles. The predicted molar refractivity (Wildman–Crippen MR) is 131 cm³/mol. The van der Waals surface area contributed by atoms with Gasteiger partial charge in [-0.15, -0.1) is 24.0 Å². The molecule has 2 unspecified atom stereocenters. The van der Waals surface area contributed by atoms with Gasteiger partial charge >= 0.3 is 6.18 Å². The van der Waals surface area contributed by atoms with Crippen molar-refractivity contribution in [1.29, 1.82) is 0 Å². The number of guanidine groups is 1. The summed E-state index contributed by atoms with van der Waals surface area (Å²) in [6.45, 7) is 2.98. The van der Waals surface area contributed by atoms with Gasteiger partial charge in [-0.05, 0) is 45.1 Å². The molecular formula is C21H35F3IN5O2. The maximum absolute atomic E-state index is 12.6. The number of benzene rings is 1. The van der Waals surface area contributed by atoms with Crippen molar-refractivity contribution in [3.05, 3.63) is 23.8 Å². The van der Waals surface area contributed by atoms with Gasteiger partial charge in [0.1, 0.15) is 0 Å². The highest BCUT2D eigenvalue weighted by atomic mass is 127. The Morgan fingerprint density at radius 1 is 1.25 bits per heavy atom. The van der Waals surface area contributed by atoms with Crippen molar-refractivity contribution in [2.24, 2.45) is 4.99 Å². The van der Waals surface area contributed by atoms with Gasteiger partial charge in [0.2, 0.25) is 0 Å². The van der Waals surface area contributed by atoms with Gasteiger partial charge < -0.3 is 25.0 Å². The number of methoxy groups -OCH3 is 2. The average Bonchev–Trinajstić information content (AvgIpc) is 3.12. The molecule has 11 heteroatoms. The first kappa shape index (κ1) is 28.6. The first-order valence-electron chi connectivity index (χ1n) is 10.4. The van der Waals surface area contributed by atoms with Crippen LogP contribution in [0.1, 0.15) is 24.9 Å². The van der Waals surface area contributed by atoms with Gasteiger partial charge in [0.05, 0.1) is 33.4 Å². The number of alkyl halides is 3. The molecule has 0 radical (unpaired) electrons. The van der Waals surface area contributed by atoms with Crippen molar-refractivity contribution in [2.75, 3.05) is 61.0 Å². The zero-order valence-corrected chi connectivity index (χ0v) is 21.7. The summed E-state index contributed by atoms with van der Waals surface area (Å²) < 4.78 is 48.7. The van der Waals surface area contributed by atoms with Gasteiger partial charge in [0.25, 0.3) is 0 Å². The number of nitrogens with one attached hydrogen (secondary N) is 2. The van der Waals surface area contributed by atoms with Crippen LogP contribution in [0.2, 0.25) is 0 Å². The number of rotatable bonds is 9. The molecule has 32 heavy (non-hydrogen) atoms. The van der Waals surface area contributed by atoms with Gasteiger partial charge in [-0.1, -0.05) is 6.07 Å². The maximum Gasteiger partial charge on any atom is 0.401 e. The van der Waals surface area contributed by atoms with Gasteiger partial charge in [0, 0.05) is 25.7 Å². The van der Waals surface area contributed by atoms with Crippen LogP contribution in [-0.4, -0.2) is 89.0 Å². The van der Waals surface area contributed by atoms with Crippen LogP contribution in [0.25, 0.3) is 0 Å². The lowest BCUT2D eigenvalue weighted by Crippen LogP contribution is -2.45. The Balaban J connectivity index is 0.00000512. The second kappa shape index (κ2) is 13.3. The van der Waals surface area contributed by atoms with Crippen molar-refractivity contribution in [3.63, 3.8) is 0 Å². The summed E-state index contributed by atoms with van der Waals surface area (Å²) in [6.07, 6.45) is -3.53. The molecule has 2 N–H and O–H groups in total. The van der Waals surface area contributed by atoms with Crippen LogP contribution in [0.15, 0.2) is 23.2 Å². The lowest BCUT2D eigenvalue weighted by atomic mass is 10.1. The summed E-state index contributed by atoms with van der Waals surface area (Å²) in [7, 11) is 7.15.